The highest BCUT2D eigenvalue weighted by Gasteiger charge is 1.97. The van der Waals surface area contributed by atoms with Gasteiger partial charge in [0.15, 0.2) is 0 Å². The molecule has 0 unspecified atom stereocenters. The molecule has 3 N–H and O–H groups in total. The molecule has 0 atom stereocenters. The van der Waals surface area contributed by atoms with Gasteiger partial charge in [-0.2, -0.15) is 0 Å². The van der Waals surface area contributed by atoms with Crippen molar-refractivity contribution in [1.29, 1.82) is 0 Å². The third kappa shape index (κ3) is 5.84. The van der Waals surface area contributed by atoms with E-state index in [0.29, 0.717) is 13.2 Å². The van der Waals surface area contributed by atoms with E-state index in [1.54, 1.807) is 11.3 Å². The number of nitrogens with one attached hydrogen (secondary N) is 1. The molecule has 1 aromatic rings. The molecule has 0 aliphatic heterocycles. The molecule has 4 nitrogen and oxygen atoms in total. The molecule has 1 heterocycles. The highest BCUT2D eigenvalue weighted by Crippen LogP contribution is 2.07. The third-order valence-corrected chi connectivity index (χ3v) is 2.73. The van der Waals surface area contributed by atoms with E-state index in [0.717, 1.165) is 31.1 Å². The Hall–Kier alpha value is -0.490. The predicted molar refractivity (Wildman–Crippen MR) is 63.3 cm³/mol. The molecule has 0 spiro atoms. The number of nitrogens with two attached hydrogens (primary N) is 1. The number of hydrogen-bond acceptors (Lipinski definition) is 5. The topological polar surface area (TPSA) is 60.2 Å². The summed E-state index contributed by atoms with van der Waals surface area (Å²) >= 11 is 1.70. The molecule has 0 radical (unpaired) electrons. The van der Waals surface area contributed by atoms with Crippen LogP contribution in [0.4, 0.5) is 0 Å². The fraction of sp³-hybridized carbons (Fsp3) is 0.700. The van der Waals surface area contributed by atoms with Crippen LogP contribution < -0.4 is 11.1 Å². The largest absolute Gasteiger partial charge is 0.379 e. The fourth-order valence-electron chi connectivity index (χ4n) is 1.19. The number of nitrogens with zero attached hydrogens (tertiary/aromatic N) is 1. The van der Waals surface area contributed by atoms with Crippen LogP contribution in [0.25, 0.3) is 0 Å². The molecule has 15 heavy (non-hydrogen) atoms. The van der Waals surface area contributed by atoms with E-state index in [9.17, 15) is 0 Å². The highest BCUT2D eigenvalue weighted by molar-refractivity contribution is 7.09. The molecule has 5 heteroatoms. The molecule has 0 aromatic carbocycles. The summed E-state index contributed by atoms with van der Waals surface area (Å²) in [5.74, 6) is 0. The van der Waals surface area contributed by atoms with Gasteiger partial charge in [-0.1, -0.05) is 0 Å². The Labute approximate surface area is 94.8 Å². The Kier molecular flexibility index (Phi) is 6.50. The molecular weight excluding hydrogens is 210 g/mol. The summed E-state index contributed by atoms with van der Waals surface area (Å²) in [6, 6.07) is 0. The lowest BCUT2D eigenvalue weighted by molar-refractivity contribution is 0.143. The number of aryl methyl sites for hydroxylation is 1. The average Bonchev–Trinajstić information content (AvgIpc) is 2.63. The molecule has 0 aliphatic carbocycles. The lowest BCUT2D eigenvalue weighted by Crippen LogP contribution is -2.23. The van der Waals surface area contributed by atoms with E-state index in [1.165, 1.54) is 5.69 Å². The summed E-state index contributed by atoms with van der Waals surface area (Å²) in [5, 5.41) is 6.55. The molecule has 0 amide bonds. The van der Waals surface area contributed by atoms with Crippen LogP contribution in [0.3, 0.4) is 0 Å². The maximum absolute atomic E-state index is 5.30. The van der Waals surface area contributed by atoms with Crippen LogP contribution in [0, 0.1) is 6.92 Å². The summed E-state index contributed by atoms with van der Waals surface area (Å²) in [5.41, 5.74) is 6.47. The first-order valence-electron chi connectivity index (χ1n) is 5.22. The summed E-state index contributed by atoms with van der Waals surface area (Å²) < 4.78 is 5.24. The summed E-state index contributed by atoms with van der Waals surface area (Å²) in [6.45, 7) is 5.83. The average molecular weight is 229 g/mol. The predicted octanol–water partition coefficient (Wildman–Crippen LogP) is 0.559. The van der Waals surface area contributed by atoms with Crippen molar-refractivity contribution in [3.8, 4) is 0 Å². The van der Waals surface area contributed by atoms with Gasteiger partial charge >= 0.3 is 0 Å². The van der Waals surface area contributed by atoms with Crippen LogP contribution in [-0.2, 0) is 11.2 Å². The maximum Gasteiger partial charge on any atom is 0.0897 e. The van der Waals surface area contributed by atoms with Gasteiger partial charge in [-0.15, -0.1) is 11.3 Å². The minimum absolute atomic E-state index is 0.595. The van der Waals surface area contributed by atoms with Gasteiger partial charge in [0.05, 0.1) is 23.9 Å². The second-order valence-corrected chi connectivity index (χ2v) is 4.32. The van der Waals surface area contributed by atoms with Crippen LogP contribution >= 0.6 is 11.3 Å². The molecule has 0 saturated carbocycles. The minimum atomic E-state index is 0.595. The first-order valence-corrected chi connectivity index (χ1v) is 6.10. The van der Waals surface area contributed by atoms with E-state index >= 15 is 0 Å². The van der Waals surface area contributed by atoms with Gasteiger partial charge in [0.25, 0.3) is 0 Å². The molecular formula is C10H19N3OS. The van der Waals surface area contributed by atoms with Crippen molar-refractivity contribution >= 4 is 11.3 Å². The Morgan fingerprint density at radius 3 is 3.00 bits per heavy atom. The van der Waals surface area contributed by atoms with Crippen molar-refractivity contribution in [2.45, 2.75) is 13.3 Å². The van der Waals surface area contributed by atoms with Crippen molar-refractivity contribution in [1.82, 2.24) is 10.3 Å². The smallest absolute Gasteiger partial charge is 0.0897 e. The first kappa shape index (κ1) is 12.6. The van der Waals surface area contributed by atoms with Gasteiger partial charge in [0, 0.05) is 31.4 Å². The van der Waals surface area contributed by atoms with E-state index in [4.69, 9.17) is 10.5 Å². The molecule has 1 aromatic heterocycles. The third-order valence-electron chi connectivity index (χ3n) is 1.91. The first-order chi connectivity index (χ1) is 7.33. The van der Waals surface area contributed by atoms with Gasteiger partial charge in [0.1, 0.15) is 0 Å². The monoisotopic (exact) mass is 229 g/mol. The number of rotatable bonds is 8. The molecule has 0 fully saturated rings. The zero-order chi connectivity index (χ0) is 10.9. The zero-order valence-electron chi connectivity index (χ0n) is 9.16. The number of hydrogen-bond donors (Lipinski definition) is 2. The lowest BCUT2D eigenvalue weighted by atomic mass is 10.3. The highest BCUT2D eigenvalue weighted by atomic mass is 32.1. The minimum Gasteiger partial charge on any atom is -0.379 e. The molecule has 0 aliphatic rings. The summed E-state index contributed by atoms with van der Waals surface area (Å²) in [7, 11) is 0. The van der Waals surface area contributed by atoms with Crippen molar-refractivity contribution in [2.24, 2.45) is 5.73 Å². The number of ether oxygens (including phenoxy) is 1. The zero-order valence-corrected chi connectivity index (χ0v) is 9.98. The summed E-state index contributed by atoms with van der Waals surface area (Å²) in [4.78, 5) is 4.39. The van der Waals surface area contributed by atoms with Gasteiger partial charge in [-0.05, 0) is 6.92 Å². The molecule has 86 valence electrons. The van der Waals surface area contributed by atoms with Crippen molar-refractivity contribution in [2.75, 3.05) is 32.8 Å². The quantitative estimate of drug-likeness (QED) is 0.639. The van der Waals surface area contributed by atoms with Gasteiger partial charge < -0.3 is 15.8 Å². The van der Waals surface area contributed by atoms with Gasteiger partial charge in [-0.3, -0.25) is 0 Å². The van der Waals surface area contributed by atoms with Gasteiger partial charge in [0.2, 0.25) is 0 Å². The Balaban J connectivity index is 1.93. The van der Waals surface area contributed by atoms with Crippen molar-refractivity contribution < 1.29 is 4.74 Å². The van der Waals surface area contributed by atoms with Crippen molar-refractivity contribution in [3.05, 3.63) is 16.1 Å². The fourth-order valence-corrected chi connectivity index (χ4v) is 1.84. The van der Waals surface area contributed by atoms with E-state index in [1.807, 2.05) is 6.92 Å². The van der Waals surface area contributed by atoms with Crippen molar-refractivity contribution in [3.63, 3.8) is 0 Å². The molecule has 0 saturated heterocycles. The van der Waals surface area contributed by atoms with E-state index < -0.39 is 0 Å². The van der Waals surface area contributed by atoms with Crippen LogP contribution in [-0.4, -0.2) is 37.8 Å². The normalized spacial score (nSPS) is 10.8. The van der Waals surface area contributed by atoms with Crippen LogP contribution in [0.1, 0.15) is 10.7 Å². The Morgan fingerprint density at radius 2 is 2.33 bits per heavy atom. The second-order valence-electron chi connectivity index (χ2n) is 3.26. The molecule has 0 bridgehead atoms. The van der Waals surface area contributed by atoms with Crippen LogP contribution in [0.2, 0.25) is 0 Å². The van der Waals surface area contributed by atoms with Gasteiger partial charge in [-0.25, -0.2) is 4.98 Å². The number of thiazole rings is 1. The summed E-state index contributed by atoms with van der Waals surface area (Å²) in [6.07, 6.45) is 0.987. The maximum atomic E-state index is 5.30. The molecule has 1 rings (SSSR count). The SMILES string of the molecule is Cc1nc(CCNCCOCCN)cs1. The van der Waals surface area contributed by atoms with E-state index in [-0.39, 0.29) is 0 Å². The van der Waals surface area contributed by atoms with E-state index in [2.05, 4.69) is 15.7 Å². The second kappa shape index (κ2) is 7.76. The Morgan fingerprint density at radius 1 is 1.47 bits per heavy atom. The Bertz CT molecular complexity index is 265. The lowest BCUT2D eigenvalue weighted by Gasteiger charge is -2.03. The number of aromatic nitrogens is 1. The standard InChI is InChI=1S/C10H19N3OS/c1-9-13-10(8-15-9)2-4-12-5-7-14-6-3-11/h8,12H,2-7,11H2,1H3. The van der Waals surface area contributed by atoms with Crippen LogP contribution in [0.15, 0.2) is 5.38 Å². The van der Waals surface area contributed by atoms with Crippen LogP contribution in [0.5, 0.6) is 0 Å².